The van der Waals surface area contributed by atoms with Crippen LogP contribution in [-0.4, -0.2) is 61.6 Å². The summed E-state index contributed by atoms with van der Waals surface area (Å²) < 4.78 is 27.0. The molecule has 0 aliphatic carbocycles. The first kappa shape index (κ1) is 21.9. The standard InChI is InChI=1S/C15H27N5O3S.ClH/c1-10(16-4)9-17-15(21)13-5-7-20(8-6-13)24(22,23)14-11(2)18-19-12(14)3;/h10,13,16H,5-9H2,1-4H3,(H,17,21)(H,18,19);1H. The summed E-state index contributed by atoms with van der Waals surface area (Å²) in [5.41, 5.74) is 1.03. The SMILES string of the molecule is CNC(C)CNC(=O)C1CCN(S(=O)(=O)c2c(C)n[nH]c2C)CC1.Cl. The zero-order chi connectivity index (χ0) is 17.9. The Hall–Kier alpha value is -1.16. The molecule has 1 aliphatic heterocycles. The van der Waals surface area contributed by atoms with E-state index in [0.29, 0.717) is 43.9 Å². The van der Waals surface area contributed by atoms with E-state index in [9.17, 15) is 13.2 Å². The lowest BCUT2D eigenvalue weighted by molar-refractivity contribution is -0.126. The molecule has 2 heterocycles. The van der Waals surface area contributed by atoms with Crippen molar-refractivity contribution in [3.8, 4) is 0 Å². The van der Waals surface area contributed by atoms with Crippen molar-refractivity contribution in [3.05, 3.63) is 11.4 Å². The first-order valence-corrected chi connectivity index (χ1v) is 9.68. The Morgan fingerprint density at radius 2 is 1.96 bits per heavy atom. The molecule has 0 aromatic carbocycles. The van der Waals surface area contributed by atoms with Crippen LogP contribution in [0.2, 0.25) is 0 Å². The predicted octanol–water partition coefficient (Wildman–Crippen LogP) is 0.573. The monoisotopic (exact) mass is 393 g/mol. The number of carbonyl (C=O) groups excluding carboxylic acids is 1. The number of hydrogen-bond acceptors (Lipinski definition) is 5. The summed E-state index contributed by atoms with van der Waals surface area (Å²) in [6.07, 6.45) is 1.07. The molecule has 0 radical (unpaired) electrons. The van der Waals surface area contributed by atoms with Gasteiger partial charge in [-0.1, -0.05) is 0 Å². The van der Waals surface area contributed by atoms with Crippen LogP contribution >= 0.6 is 12.4 Å². The van der Waals surface area contributed by atoms with Gasteiger partial charge in [0.2, 0.25) is 15.9 Å². The molecule has 10 heteroatoms. The van der Waals surface area contributed by atoms with E-state index in [1.165, 1.54) is 4.31 Å². The Kier molecular flexibility index (Phi) is 7.86. The van der Waals surface area contributed by atoms with Gasteiger partial charge in [0.05, 0.1) is 11.4 Å². The number of hydrogen-bond donors (Lipinski definition) is 3. The molecule has 3 N–H and O–H groups in total. The summed E-state index contributed by atoms with van der Waals surface area (Å²) in [5.74, 6) is -0.128. The first-order valence-electron chi connectivity index (χ1n) is 8.24. The van der Waals surface area contributed by atoms with Gasteiger partial charge in [0.1, 0.15) is 4.90 Å². The maximum absolute atomic E-state index is 12.8. The maximum atomic E-state index is 12.8. The number of amides is 1. The number of nitrogens with zero attached hydrogens (tertiary/aromatic N) is 2. The third-order valence-electron chi connectivity index (χ3n) is 4.56. The summed E-state index contributed by atoms with van der Waals surface area (Å²) in [5, 5.41) is 12.7. The van der Waals surface area contributed by atoms with E-state index in [4.69, 9.17) is 0 Å². The summed E-state index contributed by atoms with van der Waals surface area (Å²) in [7, 11) is -1.71. The van der Waals surface area contributed by atoms with E-state index < -0.39 is 10.0 Å². The van der Waals surface area contributed by atoms with Crippen LogP contribution in [0, 0.1) is 19.8 Å². The second-order valence-electron chi connectivity index (χ2n) is 6.38. The number of H-pyrrole nitrogens is 1. The quantitative estimate of drug-likeness (QED) is 0.655. The Morgan fingerprint density at radius 3 is 2.44 bits per heavy atom. The molecule has 1 saturated heterocycles. The fourth-order valence-electron chi connectivity index (χ4n) is 2.91. The highest BCUT2D eigenvalue weighted by molar-refractivity contribution is 7.89. The number of halogens is 1. The smallest absolute Gasteiger partial charge is 0.246 e. The number of rotatable bonds is 6. The molecule has 0 saturated carbocycles. The van der Waals surface area contributed by atoms with Crippen molar-refractivity contribution in [1.82, 2.24) is 25.1 Å². The van der Waals surface area contributed by atoms with Gasteiger partial charge in [-0.05, 0) is 40.7 Å². The number of piperidine rings is 1. The molecule has 25 heavy (non-hydrogen) atoms. The van der Waals surface area contributed by atoms with Crippen LogP contribution in [0.3, 0.4) is 0 Å². The number of aromatic nitrogens is 2. The van der Waals surface area contributed by atoms with E-state index >= 15 is 0 Å². The second-order valence-corrected chi connectivity index (χ2v) is 8.25. The average molecular weight is 394 g/mol. The number of sulfonamides is 1. The summed E-state index contributed by atoms with van der Waals surface area (Å²) in [4.78, 5) is 12.4. The maximum Gasteiger partial charge on any atom is 0.246 e. The Morgan fingerprint density at radius 1 is 1.36 bits per heavy atom. The molecule has 1 atom stereocenters. The minimum absolute atomic E-state index is 0. The molecule has 144 valence electrons. The van der Waals surface area contributed by atoms with Crippen molar-refractivity contribution in [2.45, 2.75) is 44.6 Å². The van der Waals surface area contributed by atoms with Crippen molar-refractivity contribution in [2.24, 2.45) is 5.92 Å². The summed E-state index contributed by atoms with van der Waals surface area (Å²) in [6, 6.07) is 0.210. The summed E-state index contributed by atoms with van der Waals surface area (Å²) >= 11 is 0. The molecule has 1 aromatic rings. The van der Waals surface area contributed by atoms with E-state index in [1.807, 2.05) is 14.0 Å². The van der Waals surface area contributed by atoms with Crippen molar-refractivity contribution in [2.75, 3.05) is 26.7 Å². The molecule has 1 amide bonds. The number of carbonyl (C=O) groups is 1. The van der Waals surface area contributed by atoms with Gasteiger partial charge < -0.3 is 10.6 Å². The molecule has 0 bridgehead atoms. The van der Waals surface area contributed by atoms with E-state index in [-0.39, 0.29) is 35.2 Å². The van der Waals surface area contributed by atoms with Crippen molar-refractivity contribution < 1.29 is 13.2 Å². The van der Waals surface area contributed by atoms with Gasteiger partial charge in [-0.3, -0.25) is 9.89 Å². The number of nitrogens with one attached hydrogen (secondary N) is 3. The van der Waals surface area contributed by atoms with E-state index in [1.54, 1.807) is 13.8 Å². The van der Waals surface area contributed by atoms with Crippen LogP contribution in [-0.2, 0) is 14.8 Å². The van der Waals surface area contributed by atoms with Gasteiger partial charge in [-0.25, -0.2) is 8.42 Å². The van der Waals surface area contributed by atoms with E-state index in [0.717, 1.165) is 0 Å². The molecule has 1 unspecified atom stereocenters. The first-order chi connectivity index (χ1) is 11.3. The average Bonchev–Trinajstić information content (AvgIpc) is 2.91. The highest BCUT2D eigenvalue weighted by atomic mass is 35.5. The Labute approximate surface area is 155 Å². The fraction of sp³-hybridized carbons (Fsp3) is 0.733. The van der Waals surface area contributed by atoms with Gasteiger partial charge in [0.25, 0.3) is 0 Å². The van der Waals surface area contributed by atoms with Crippen LogP contribution in [0.25, 0.3) is 0 Å². The van der Waals surface area contributed by atoms with Gasteiger partial charge in [-0.2, -0.15) is 9.40 Å². The molecule has 8 nitrogen and oxygen atoms in total. The lowest BCUT2D eigenvalue weighted by Crippen LogP contribution is -2.45. The fourth-order valence-corrected chi connectivity index (χ4v) is 4.71. The van der Waals surface area contributed by atoms with Crippen molar-refractivity contribution >= 4 is 28.3 Å². The molecule has 1 aromatic heterocycles. The molecular weight excluding hydrogens is 366 g/mol. The minimum Gasteiger partial charge on any atom is -0.354 e. The molecule has 0 spiro atoms. The van der Waals surface area contributed by atoms with Crippen LogP contribution in [0.1, 0.15) is 31.2 Å². The molecular formula is C15H28ClN5O3S. The van der Waals surface area contributed by atoms with Crippen LogP contribution in [0.15, 0.2) is 4.90 Å². The lowest BCUT2D eigenvalue weighted by Gasteiger charge is -2.30. The van der Waals surface area contributed by atoms with Crippen LogP contribution in [0.5, 0.6) is 0 Å². The number of likely N-dealkylation sites (N-methyl/N-ethyl adjacent to an activating group) is 1. The van der Waals surface area contributed by atoms with Crippen LogP contribution in [0.4, 0.5) is 0 Å². The topological polar surface area (TPSA) is 107 Å². The van der Waals surface area contributed by atoms with Crippen LogP contribution < -0.4 is 10.6 Å². The van der Waals surface area contributed by atoms with Gasteiger partial charge in [0, 0.05) is 31.6 Å². The zero-order valence-corrected chi connectivity index (χ0v) is 16.8. The Balaban J connectivity index is 0.00000312. The van der Waals surface area contributed by atoms with Crippen molar-refractivity contribution in [1.29, 1.82) is 0 Å². The zero-order valence-electron chi connectivity index (χ0n) is 15.1. The minimum atomic E-state index is -3.56. The third kappa shape index (κ3) is 4.93. The summed E-state index contributed by atoms with van der Waals surface area (Å²) in [6.45, 7) is 6.65. The highest BCUT2D eigenvalue weighted by Crippen LogP contribution is 2.26. The molecule has 2 rings (SSSR count). The van der Waals surface area contributed by atoms with Gasteiger partial charge in [0.15, 0.2) is 0 Å². The van der Waals surface area contributed by atoms with Gasteiger partial charge in [-0.15, -0.1) is 12.4 Å². The Bertz CT molecular complexity index is 664. The number of aromatic amines is 1. The predicted molar refractivity (Wildman–Crippen MR) is 98.3 cm³/mol. The largest absolute Gasteiger partial charge is 0.354 e. The van der Waals surface area contributed by atoms with Crippen molar-refractivity contribution in [3.63, 3.8) is 0 Å². The molecule has 1 aliphatic rings. The highest BCUT2D eigenvalue weighted by Gasteiger charge is 2.34. The number of aryl methyl sites for hydroxylation is 2. The lowest BCUT2D eigenvalue weighted by atomic mass is 9.97. The second kappa shape index (κ2) is 8.98. The van der Waals surface area contributed by atoms with Gasteiger partial charge >= 0.3 is 0 Å². The normalized spacial score (nSPS) is 17.8. The van der Waals surface area contributed by atoms with E-state index in [2.05, 4.69) is 20.8 Å². The third-order valence-corrected chi connectivity index (χ3v) is 6.72. The molecule has 1 fully saturated rings.